The van der Waals surface area contributed by atoms with Crippen LogP contribution >= 0.6 is 11.3 Å². The first kappa shape index (κ1) is 10.9. The van der Waals surface area contributed by atoms with Crippen molar-refractivity contribution in [1.29, 1.82) is 0 Å². The van der Waals surface area contributed by atoms with Gasteiger partial charge in [-0.1, -0.05) is 6.07 Å². The molecule has 0 saturated heterocycles. The van der Waals surface area contributed by atoms with Crippen LogP contribution in [-0.4, -0.2) is 20.2 Å². The van der Waals surface area contributed by atoms with E-state index in [2.05, 4.69) is 38.4 Å². The molecule has 2 heterocycles. The summed E-state index contributed by atoms with van der Waals surface area (Å²) in [6.07, 6.45) is 1.58. The first-order valence-corrected chi connectivity index (χ1v) is 6.39. The summed E-state index contributed by atoms with van der Waals surface area (Å²) >= 11 is 1.75. The van der Waals surface area contributed by atoms with Crippen LogP contribution in [0.25, 0.3) is 5.69 Å². The van der Waals surface area contributed by atoms with Crippen LogP contribution in [0.15, 0.2) is 48.1 Å². The Balaban J connectivity index is 1.68. The highest BCUT2D eigenvalue weighted by atomic mass is 32.1. The lowest BCUT2D eigenvalue weighted by molar-refractivity contribution is 0.789. The van der Waals surface area contributed by atoms with Gasteiger partial charge < -0.3 is 5.32 Å². The molecule has 0 aliphatic rings. The smallest absolute Gasteiger partial charge is 0.143 e. The van der Waals surface area contributed by atoms with Gasteiger partial charge in [0.1, 0.15) is 6.33 Å². The van der Waals surface area contributed by atoms with Crippen LogP contribution in [0.3, 0.4) is 0 Å². The van der Waals surface area contributed by atoms with Crippen molar-refractivity contribution >= 4 is 17.0 Å². The summed E-state index contributed by atoms with van der Waals surface area (Å²) in [7, 11) is 0. The molecule has 0 aliphatic carbocycles. The number of thiophene rings is 1. The largest absolute Gasteiger partial charge is 0.380 e. The minimum Gasteiger partial charge on any atom is -0.380 e. The van der Waals surface area contributed by atoms with Gasteiger partial charge in [0, 0.05) is 17.1 Å². The average Bonchev–Trinajstić information content (AvgIpc) is 3.10. The van der Waals surface area contributed by atoms with Gasteiger partial charge >= 0.3 is 0 Å². The molecule has 3 aromatic rings. The van der Waals surface area contributed by atoms with E-state index in [1.165, 1.54) is 4.88 Å². The van der Waals surface area contributed by atoms with Crippen molar-refractivity contribution in [3.63, 3.8) is 0 Å². The number of rotatable bonds is 4. The minimum absolute atomic E-state index is 0.849. The molecule has 3 rings (SSSR count). The molecule has 18 heavy (non-hydrogen) atoms. The van der Waals surface area contributed by atoms with Crippen LogP contribution in [0.4, 0.5) is 5.69 Å². The fraction of sp³-hybridized carbons (Fsp3) is 0.0833. The van der Waals surface area contributed by atoms with Gasteiger partial charge in [-0.05, 0) is 46.1 Å². The lowest BCUT2D eigenvalue weighted by Gasteiger charge is -2.05. The third-order valence-corrected chi connectivity index (χ3v) is 3.40. The van der Waals surface area contributed by atoms with Crippen LogP contribution in [0.1, 0.15) is 4.88 Å². The number of benzene rings is 1. The minimum atomic E-state index is 0.849. The Bertz CT molecular complexity index is 586. The molecule has 1 aromatic carbocycles. The van der Waals surface area contributed by atoms with E-state index >= 15 is 0 Å². The first-order chi connectivity index (χ1) is 8.92. The number of nitrogens with one attached hydrogen (secondary N) is 1. The predicted octanol–water partition coefficient (Wildman–Crippen LogP) is 2.34. The summed E-state index contributed by atoms with van der Waals surface area (Å²) in [5.41, 5.74) is 2.03. The summed E-state index contributed by atoms with van der Waals surface area (Å²) in [5.74, 6) is 0. The predicted molar refractivity (Wildman–Crippen MR) is 70.8 cm³/mol. The molecule has 0 atom stereocenters. The van der Waals surface area contributed by atoms with E-state index in [4.69, 9.17) is 0 Å². The maximum Gasteiger partial charge on any atom is 0.143 e. The van der Waals surface area contributed by atoms with Crippen molar-refractivity contribution < 1.29 is 0 Å². The molecular formula is C12H11N5S. The molecule has 0 fully saturated rings. The average molecular weight is 257 g/mol. The Labute approximate surface area is 108 Å². The van der Waals surface area contributed by atoms with Crippen molar-refractivity contribution in [2.24, 2.45) is 0 Å². The SMILES string of the molecule is c1csc(CNc2ccc(-n3cnnn3)cc2)c1. The van der Waals surface area contributed by atoms with Crippen molar-refractivity contribution in [2.75, 3.05) is 5.32 Å². The lowest BCUT2D eigenvalue weighted by atomic mass is 10.3. The zero-order valence-electron chi connectivity index (χ0n) is 9.52. The Morgan fingerprint density at radius 3 is 2.72 bits per heavy atom. The van der Waals surface area contributed by atoms with Crippen LogP contribution in [0.5, 0.6) is 0 Å². The fourth-order valence-electron chi connectivity index (χ4n) is 1.61. The van der Waals surface area contributed by atoms with E-state index in [-0.39, 0.29) is 0 Å². The summed E-state index contributed by atoms with van der Waals surface area (Å²) in [5, 5.41) is 16.5. The molecule has 0 radical (unpaired) electrons. The second-order valence-electron chi connectivity index (χ2n) is 3.73. The van der Waals surface area contributed by atoms with E-state index in [0.717, 1.165) is 17.9 Å². The van der Waals surface area contributed by atoms with E-state index in [1.54, 1.807) is 22.3 Å². The number of hydrogen-bond acceptors (Lipinski definition) is 5. The van der Waals surface area contributed by atoms with Gasteiger partial charge in [-0.2, -0.15) is 0 Å². The van der Waals surface area contributed by atoms with E-state index in [9.17, 15) is 0 Å². The van der Waals surface area contributed by atoms with Crippen molar-refractivity contribution in [2.45, 2.75) is 6.54 Å². The maximum atomic E-state index is 3.84. The number of anilines is 1. The molecule has 0 bridgehead atoms. The Morgan fingerprint density at radius 1 is 1.17 bits per heavy atom. The molecule has 1 N–H and O–H groups in total. The second kappa shape index (κ2) is 4.97. The third-order valence-electron chi connectivity index (χ3n) is 2.53. The van der Waals surface area contributed by atoms with E-state index in [1.807, 2.05) is 24.3 Å². The standard InChI is InChI=1S/C12H11N5S/c1-2-12(18-7-1)8-13-10-3-5-11(6-4-10)17-9-14-15-16-17/h1-7,9,13H,8H2. The van der Waals surface area contributed by atoms with E-state index < -0.39 is 0 Å². The number of nitrogens with zero attached hydrogens (tertiary/aromatic N) is 4. The van der Waals surface area contributed by atoms with Crippen LogP contribution < -0.4 is 5.32 Å². The Kier molecular flexibility index (Phi) is 3.01. The van der Waals surface area contributed by atoms with Crippen molar-refractivity contribution in [3.8, 4) is 5.69 Å². The summed E-state index contributed by atoms with van der Waals surface area (Å²) in [4.78, 5) is 1.32. The molecule has 0 amide bonds. The summed E-state index contributed by atoms with van der Waals surface area (Å²) < 4.78 is 1.63. The van der Waals surface area contributed by atoms with Crippen LogP contribution in [-0.2, 0) is 6.54 Å². The highest BCUT2D eigenvalue weighted by molar-refractivity contribution is 7.09. The summed E-state index contributed by atoms with van der Waals surface area (Å²) in [6, 6.07) is 12.2. The van der Waals surface area contributed by atoms with E-state index in [0.29, 0.717) is 0 Å². The quantitative estimate of drug-likeness (QED) is 0.779. The monoisotopic (exact) mass is 257 g/mol. The van der Waals surface area contributed by atoms with Crippen molar-refractivity contribution in [3.05, 3.63) is 53.0 Å². The molecule has 0 unspecified atom stereocenters. The molecule has 0 saturated carbocycles. The molecule has 90 valence electrons. The van der Waals surface area contributed by atoms with Gasteiger partial charge in [0.05, 0.1) is 5.69 Å². The highest BCUT2D eigenvalue weighted by Crippen LogP contribution is 2.15. The number of tetrazole rings is 1. The van der Waals surface area contributed by atoms with Gasteiger partial charge in [0.15, 0.2) is 0 Å². The maximum absolute atomic E-state index is 3.84. The third kappa shape index (κ3) is 2.38. The zero-order valence-corrected chi connectivity index (χ0v) is 10.3. The molecule has 6 heteroatoms. The molecule has 5 nitrogen and oxygen atoms in total. The Morgan fingerprint density at radius 2 is 2.06 bits per heavy atom. The summed E-state index contributed by atoms with van der Waals surface area (Å²) in [6.45, 7) is 0.849. The van der Waals surface area contributed by atoms with Gasteiger partial charge in [0.2, 0.25) is 0 Å². The van der Waals surface area contributed by atoms with Crippen LogP contribution in [0.2, 0.25) is 0 Å². The Hall–Kier alpha value is -2.21. The molecule has 0 spiro atoms. The lowest BCUT2D eigenvalue weighted by Crippen LogP contribution is -1.99. The normalized spacial score (nSPS) is 10.4. The molecule has 0 aliphatic heterocycles. The van der Waals surface area contributed by atoms with Gasteiger partial charge in [-0.25, -0.2) is 4.68 Å². The number of aromatic nitrogens is 4. The van der Waals surface area contributed by atoms with Gasteiger partial charge in [-0.15, -0.1) is 16.4 Å². The van der Waals surface area contributed by atoms with Crippen molar-refractivity contribution in [1.82, 2.24) is 20.2 Å². The first-order valence-electron chi connectivity index (χ1n) is 5.51. The topological polar surface area (TPSA) is 55.6 Å². The fourth-order valence-corrected chi connectivity index (χ4v) is 2.26. The van der Waals surface area contributed by atoms with Gasteiger partial charge in [-0.3, -0.25) is 0 Å². The molecular weight excluding hydrogens is 246 g/mol. The second-order valence-corrected chi connectivity index (χ2v) is 4.77. The number of hydrogen-bond donors (Lipinski definition) is 1. The highest BCUT2D eigenvalue weighted by Gasteiger charge is 1.98. The zero-order chi connectivity index (χ0) is 12.2. The van der Waals surface area contributed by atoms with Crippen LogP contribution in [0, 0.1) is 0 Å². The molecule has 2 aromatic heterocycles. The van der Waals surface area contributed by atoms with Gasteiger partial charge in [0.25, 0.3) is 0 Å².